The Bertz CT molecular complexity index is 1440. The fourth-order valence-electron chi connectivity index (χ4n) is 2.88. The van der Waals surface area contributed by atoms with Crippen LogP contribution in [-0.4, -0.2) is 36.7 Å². The molecule has 7 nitrogen and oxygen atoms in total. The summed E-state index contributed by atoms with van der Waals surface area (Å²) in [7, 11) is 0. The minimum Gasteiger partial charge on any atom is -0.350 e. The summed E-state index contributed by atoms with van der Waals surface area (Å²) in [5.41, 5.74) is 2.42. The van der Waals surface area contributed by atoms with Crippen molar-refractivity contribution < 1.29 is 8.78 Å². The molecule has 0 aliphatic carbocycles. The fourth-order valence-corrected chi connectivity index (χ4v) is 2.88. The standard InChI is InChI=1S/C24H17F2N7/c1-3-20(26)19(15(2)25)14-29-24-28-11-9-22(32-24)23-27-10-8-18(31-23)6-4-16-5-7-21-17(12-16)13-30-33-21/h3,5,7-13H,1-2,14H2,(H,30,33)(H,28,29,32)/b20-19+. The van der Waals surface area contributed by atoms with Gasteiger partial charge in [0.15, 0.2) is 5.82 Å². The topological polar surface area (TPSA) is 92.3 Å². The number of hydrogen-bond donors (Lipinski definition) is 2. The maximum absolute atomic E-state index is 13.7. The highest BCUT2D eigenvalue weighted by atomic mass is 19.1. The molecule has 4 aromatic rings. The monoisotopic (exact) mass is 441 g/mol. The van der Waals surface area contributed by atoms with Gasteiger partial charge in [0.2, 0.25) is 5.95 Å². The fraction of sp³-hybridized carbons (Fsp3) is 0.0417. The van der Waals surface area contributed by atoms with Crippen LogP contribution in [0.4, 0.5) is 14.7 Å². The molecule has 0 atom stereocenters. The Labute approximate surface area is 188 Å². The third-order valence-corrected chi connectivity index (χ3v) is 4.53. The number of aromatic amines is 1. The van der Waals surface area contributed by atoms with E-state index < -0.39 is 11.7 Å². The van der Waals surface area contributed by atoms with E-state index in [1.54, 1.807) is 24.5 Å². The van der Waals surface area contributed by atoms with Gasteiger partial charge in [0.1, 0.15) is 23.0 Å². The zero-order valence-corrected chi connectivity index (χ0v) is 17.3. The van der Waals surface area contributed by atoms with Crippen LogP contribution < -0.4 is 5.32 Å². The van der Waals surface area contributed by atoms with Crippen molar-refractivity contribution in [3.63, 3.8) is 0 Å². The highest BCUT2D eigenvalue weighted by molar-refractivity contribution is 5.79. The summed E-state index contributed by atoms with van der Waals surface area (Å²) in [6.07, 6.45) is 5.71. The maximum Gasteiger partial charge on any atom is 0.223 e. The molecule has 3 aromatic heterocycles. The average molecular weight is 441 g/mol. The van der Waals surface area contributed by atoms with E-state index >= 15 is 0 Å². The van der Waals surface area contributed by atoms with Crippen LogP contribution in [0.5, 0.6) is 0 Å². The number of nitrogens with zero attached hydrogens (tertiary/aromatic N) is 5. The van der Waals surface area contributed by atoms with E-state index in [9.17, 15) is 8.78 Å². The Balaban J connectivity index is 1.54. The van der Waals surface area contributed by atoms with Crippen molar-refractivity contribution in [3.8, 4) is 23.4 Å². The summed E-state index contributed by atoms with van der Waals surface area (Å²) in [5, 5.41) is 10.6. The van der Waals surface area contributed by atoms with E-state index in [0.717, 1.165) is 22.5 Å². The summed E-state index contributed by atoms with van der Waals surface area (Å²) in [6.45, 7) is 6.22. The molecule has 33 heavy (non-hydrogen) atoms. The highest BCUT2D eigenvalue weighted by Gasteiger charge is 2.10. The lowest BCUT2D eigenvalue weighted by Gasteiger charge is -2.08. The first kappa shape index (κ1) is 21.5. The van der Waals surface area contributed by atoms with Gasteiger partial charge < -0.3 is 5.32 Å². The number of halogens is 2. The highest BCUT2D eigenvalue weighted by Crippen LogP contribution is 2.18. The molecule has 4 rings (SSSR count). The van der Waals surface area contributed by atoms with Crippen molar-refractivity contribution >= 4 is 16.9 Å². The van der Waals surface area contributed by atoms with Crippen LogP contribution in [0.15, 0.2) is 85.4 Å². The SMILES string of the molecule is C=C/C(F)=C(/CNc1nccc(-c2nccc(C#Cc3ccc4[nH]ncc4c3)n2)n1)C(=C)F. The number of rotatable bonds is 6. The van der Waals surface area contributed by atoms with Crippen molar-refractivity contribution in [2.75, 3.05) is 11.9 Å². The Kier molecular flexibility index (Phi) is 6.27. The van der Waals surface area contributed by atoms with E-state index in [2.05, 4.69) is 60.4 Å². The summed E-state index contributed by atoms with van der Waals surface area (Å²) >= 11 is 0. The van der Waals surface area contributed by atoms with Gasteiger partial charge in [-0.3, -0.25) is 5.10 Å². The van der Waals surface area contributed by atoms with E-state index in [1.807, 2.05) is 18.2 Å². The van der Waals surface area contributed by atoms with Crippen molar-refractivity contribution in [1.29, 1.82) is 0 Å². The van der Waals surface area contributed by atoms with Crippen LogP contribution in [-0.2, 0) is 0 Å². The quantitative estimate of drug-likeness (QED) is 0.338. The third-order valence-electron chi connectivity index (χ3n) is 4.53. The minimum atomic E-state index is -0.905. The van der Waals surface area contributed by atoms with Gasteiger partial charge in [0.05, 0.1) is 11.7 Å². The van der Waals surface area contributed by atoms with E-state index in [0.29, 0.717) is 17.2 Å². The molecule has 0 aliphatic heterocycles. The number of hydrogen-bond acceptors (Lipinski definition) is 6. The number of H-pyrrole nitrogens is 1. The molecule has 0 amide bonds. The molecule has 0 bridgehead atoms. The first-order valence-corrected chi connectivity index (χ1v) is 9.75. The number of nitrogens with one attached hydrogen (secondary N) is 2. The summed E-state index contributed by atoms with van der Waals surface area (Å²) < 4.78 is 27.2. The average Bonchev–Trinajstić information content (AvgIpc) is 3.31. The third kappa shape index (κ3) is 5.14. The predicted octanol–water partition coefficient (Wildman–Crippen LogP) is 4.51. The lowest BCUT2D eigenvalue weighted by molar-refractivity contribution is 0.609. The second-order valence-electron chi connectivity index (χ2n) is 6.74. The molecule has 1 aromatic carbocycles. The largest absolute Gasteiger partial charge is 0.350 e. The van der Waals surface area contributed by atoms with E-state index in [4.69, 9.17) is 0 Å². The van der Waals surface area contributed by atoms with Gasteiger partial charge in [0, 0.05) is 35.5 Å². The molecular weight excluding hydrogens is 424 g/mol. The molecular formula is C24H17F2N7. The lowest BCUT2D eigenvalue weighted by atomic mass is 10.1. The molecule has 0 radical (unpaired) electrons. The molecule has 0 aliphatic rings. The van der Waals surface area contributed by atoms with Crippen LogP contribution >= 0.6 is 0 Å². The molecule has 0 unspecified atom stereocenters. The van der Waals surface area contributed by atoms with Crippen LogP contribution in [0, 0.1) is 11.8 Å². The Morgan fingerprint density at radius 2 is 1.94 bits per heavy atom. The number of fused-ring (bicyclic) bond motifs is 1. The smallest absolute Gasteiger partial charge is 0.223 e. The molecule has 0 saturated heterocycles. The van der Waals surface area contributed by atoms with Crippen LogP contribution in [0.1, 0.15) is 11.3 Å². The Morgan fingerprint density at radius 3 is 2.76 bits per heavy atom. The number of allylic oxidation sites excluding steroid dienone is 2. The van der Waals surface area contributed by atoms with Crippen molar-refractivity contribution in [1.82, 2.24) is 30.1 Å². The summed E-state index contributed by atoms with van der Waals surface area (Å²) in [5.74, 6) is 4.85. The van der Waals surface area contributed by atoms with Gasteiger partial charge in [-0.15, -0.1) is 0 Å². The van der Waals surface area contributed by atoms with Crippen molar-refractivity contribution in [3.05, 3.63) is 96.6 Å². The molecule has 0 fully saturated rings. The first-order chi connectivity index (χ1) is 16.0. The van der Waals surface area contributed by atoms with Crippen LogP contribution in [0.3, 0.4) is 0 Å². The zero-order valence-electron chi connectivity index (χ0n) is 17.3. The first-order valence-electron chi connectivity index (χ1n) is 9.75. The molecule has 2 N–H and O–H groups in total. The number of benzene rings is 1. The second-order valence-corrected chi connectivity index (χ2v) is 6.74. The molecule has 3 heterocycles. The predicted molar refractivity (Wildman–Crippen MR) is 122 cm³/mol. The Morgan fingerprint density at radius 1 is 1.09 bits per heavy atom. The maximum atomic E-state index is 13.7. The summed E-state index contributed by atoms with van der Waals surface area (Å²) in [6, 6.07) is 9.05. The normalized spacial score (nSPS) is 11.3. The second kappa shape index (κ2) is 9.62. The van der Waals surface area contributed by atoms with Gasteiger partial charge in [-0.25, -0.2) is 28.7 Å². The molecule has 0 saturated carbocycles. The van der Waals surface area contributed by atoms with Crippen LogP contribution in [0.25, 0.3) is 22.4 Å². The van der Waals surface area contributed by atoms with Gasteiger partial charge in [0.25, 0.3) is 0 Å². The molecule has 0 spiro atoms. The minimum absolute atomic E-state index is 0.150. The molecule has 9 heteroatoms. The van der Waals surface area contributed by atoms with Gasteiger partial charge in [-0.05, 0) is 42.3 Å². The van der Waals surface area contributed by atoms with Crippen molar-refractivity contribution in [2.45, 2.75) is 0 Å². The molecule has 162 valence electrons. The van der Waals surface area contributed by atoms with Crippen LogP contribution in [0.2, 0.25) is 0 Å². The number of anilines is 1. The van der Waals surface area contributed by atoms with Gasteiger partial charge in [-0.2, -0.15) is 5.10 Å². The van der Waals surface area contributed by atoms with Gasteiger partial charge >= 0.3 is 0 Å². The zero-order chi connectivity index (χ0) is 23.2. The summed E-state index contributed by atoms with van der Waals surface area (Å²) in [4.78, 5) is 17.1. The van der Waals surface area contributed by atoms with E-state index in [1.165, 1.54) is 6.20 Å². The van der Waals surface area contributed by atoms with E-state index in [-0.39, 0.29) is 18.1 Å². The van der Waals surface area contributed by atoms with Crippen molar-refractivity contribution in [2.24, 2.45) is 0 Å². The Hall–Kier alpha value is -4.71. The lowest BCUT2D eigenvalue weighted by Crippen LogP contribution is -2.09. The van der Waals surface area contributed by atoms with Gasteiger partial charge in [-0.1, -0.05) is 19.1 Å². The number of aromatic nitrogens is 6.